The number of ether oxygens (including phenoxy) is 3. The minimum Gasteiger partial charge on any atom is -0.497 e. The van der Waals surface area contributed by atoms with Crippen molar-refractivity contribution in [2.75, 3.05) is 20.4 Å². The molecular weight excluding hydrogens is 370 g/mol. The van der Waals surface area contributed by atoms with Crippen LogP contribution in [-0.4, -0.2) is 43.3 Å². The van der Waals surface area contributed by atoms with E-state index in [1.54, 1.807) is 19.6 Å². The Balaban J connectivity index is 1.34. The molecule has 0 radical (unpaired) electrons. The average molecular weight is 395 g/mol. The van der Waals surface area contributed by atoms with Gasteiger partial charge in [0.25, 0.3) is 0 Å². The van der Waals surface area contributed by atoms with E-state index in [4.69, 9.17) is 18.6 Å². The zero-order valence-electron chi connectivity index (χ0n) is 16.5. The lowest BCUT2D eigenvalue weighted by Crippen LogP contribution is -2.56. The molecule has 1 saturated heterocycles. The Bertz CT molecular complexity index is 889. The maximum absolute atomic E-state index is 13.3. The largest absolute Gasteiger partial charge is 0.497 e. The second kappa shape index (κ2) is 7.69. The van der Waals surface area contributed by atoms with Gasteiger partial charge in [-0.15, -0.1) is 0 Å². The predicted molar refractivity (Wildman–Crippen MR) is 106 cm³/mol. The molecular formula is C23H25NO5. The molecule has 2 aromatic rings. The Kier molecular flexibility index (Phi) is 4.89. The molecule has 1 saturated carbocycles. The Morgan fingerprint density at radius 2 is 2.03 bits per heavy atom. The van der Waals surface area contributed by atoms with Crippen LogP contribution in [0.5, 0.6) is 5.75 Å². The van der Waals surface area contributed by atoms with E-state index in [0.717, 1.165) is 36.5 Å². The third kappa shape index (κ3) is 3.47. The van der Waals surface area contributed by atoms with Crippen molar-refractivity contribution in [2.45, 2.75) is 31.6 Å². The summed E-state index contributed by atoms with van der Waals surface area (Å²) in [7, 11) is 1.63. The molecule has 6 heteroatoms. The lowest BCUT2D eigenvalue weighted by atomic mass is 9.71. The van der Waals surface area contributed by atoms with Crippen molar-refractivity contribution in [2.24, 2.45) is 11.8 Å². The first-order valence-corrected chi connectivity index (χ1v) is 10.1. The van der Waals surface area contributed by atoms with E-state index in [1.807, 2.05) is 36.4 Å². The highest BCUT2D eigenvalue weighted by Crippen LogP contribution is 2.42. The highest BCUT2D eigenvalue weighted by Gasteiger charge is 2.49. The monoisotopic (exact) mass is 395 g/mol. The van der Waals surface area contributed by atoms with E-state index in [0.29, 0.717) is 18.8 Å². The van der Waals surface area contributed by atoms with Gasteiger partial charge in [-0.2, -0.15) is 0 Å². The van der Waals surface area contributed by atoms with E-state index < -0.39 is 0 Å². The lowest BCUT2D eigenvalue weighted by Gasteiger charge is -2.48. The summed E-state index contributed by atoms with van der Waals surface area (Å²) in [6.07, 6.45) is 5.05. The molecule has 0 bridgehead atoms. The van der Waals surface area contributed by atoms with Crippen LogP contribution in [0, 0.1) is 11.8 Å². The standard InChI is InChI=1S/C23H25NO5/c1-26-16-6-4-15(5-7-16)20-13-28-23-18(22(20)25)8-9-21-19(23)12-24(14-29-21)11-17-3-2-10-27-17/h2-7,10,13,18-19,21,23H,8-9,11-12,14H2,1H3. The van der Waals surface area contributed by atoms with Crippen molar-refractivity contribution < 1.29 is 23.4 Å². The van der Waals surface area contributed by atoms with Crippen molar-refractivity contribution >= 4 is 11.4 Å². The number of allylic oxidation sites excluding steroid dienone is 1. The number of benzene rings is 1. The van der Waals surface area contributed by atoms with Crippen LogP contribution in [0.3, 0.4) is 0 Å². The Labute approximate surface area is 170 Å². The van der Waals surface area contributed by atoms with E-state index in [-0.39, 0.29) is 29.8 Å². The van der Waals surface area contributed by atoms with E-state index in [2.05, 4.69) is 4.90 Å². The SMILES string of the molecule is COc1ccc(C2=COC3C(CCC4OCN(Cc5ccco5)CC43)C2=O)cc1. The number of carbonyl (C=O) groups is 1. The van der Waals surface area contributed by atoms with Gasteiger partial charge in [-0.05, 0) is 42.7 Å². The summed E-state index contributed by atoms with van der Waals surface area (Å²) in [6, 6.07) is 11.4. The predicted octanol–water partition coefficient (Wildman–Crippen LogP) is 3.48. The van der Waals surface area contributed by atoms with Crippen LogP contribution < -0.4 is 4.74 Å². The molecule has 152 valence electrons. The van der Waals surface area contributed by atoms with Gasteiger partial charge < -0.3 is 18.6 Å². The molecule has 1 aromatic heterocycles. The van der Waals surface area contributed by atoms with Gasteiger partial charge in [0.15, 0.2) is 5.78 Å². The topological polar surface area (TPSA) is 61.1 Å². The van der Waals surface area contributed by atoms with Crippen LogP contribution in [0.4, 0.5) is 0 Å². The van der Waals surface area contributed by atoms with Crippen LogP contribution in [0.2, 0.25) is 0 Å². The molecule has 0 spiro atoms. The highest BCUT2D eigenvalue weighted by atomic mass is 16.5. The van der Waals surface area contributed by atoms with Gasteiger partial charge in [0.1, 0.15) is 17.6 Å². The number of nitrogens with zero attached hydrogens (tertiary/aromatic N) is 1. The average Bonchev–Trinajstić information content (AvgIpc) is 3.27. The maximum Gasteiger partial charge on any atom is 0.173 e. The molecule has 1 aromatic carbocycles. The number of methoxy groups -OCH3 is 1. The summed E-state index contributed by atoms with van der Waals surface area (Å²) >= 11 is 0. The number of rotatable bonds is 4. The fraction of sp³-hybridized carbons (Fsp3) is 0.435. The number of ketones is 1. The molecule has 0 N–H and O–H groups in total. The van der Waals surface area contributed by atoms with E-state index in [1.165, 1.54) is 0 Å². The number of hydrogen-bond acceptors (Lipinski definition) is 6. The van der Waals surface area contributed by atoms with Crippen LogP contribution in [0.25, 0.3) is 5.57 Å². The van der Waals surface area contributed by atoms with Crippen LogP contribution in [0.1, 0.15) is 24.2 Å². The number of Topliss-reactive ketones (excluding diaryl/α,β-unsaturated/α-hetero) is 1. The molecule has 2 fully saturated rings. The van der Waals surface area contributed by atoms with Gasteiger partial charge in [0.05, 0.1) is 50.5 Å². The van der Waals surface area contributed by atoms with Crippen LogP contribution >= 0.6 is 0 Å². The second-order valence-corrected chi connectivity index (χ2v) is 8.00. The van der Waals surface area contributed by atoms with E-state index >= 15 is 0 Å². The summed E-state index contributed by atoms with van der Waals surface area (Å²) in [5.74, 6) is 1.92. The van der Waals surface area contributed by atoms with Crippen molar-refractivity contribution in [1.82, 2.24) is 4.90 Å². The van der Waals surface area contributed by atoms with Crippen molar-refractivity contribution in [3.8, 4) is 5.75 Å². The Hall–Kier alpha value is -2.57. The molecule has 3 aliphatic rings. The summed E-state index contributed by atoms with van der Waals surface area (Å²) in [5, 5.41) is 0. The third-order valence-electron chi connectivity index (χ3n) is 6.30. The Morgan fingerprint density at radius 3 is 2.79 bits per heavy atom. The van der Waals surface area contributed by atoms with Gasteiger partial charge in [-0.3, -0.25) is 9.69 Å². The zero-order valence-corrected chi connectivity index (χ0v) is 16.5. The van der Waals surface area contributed by atoms with Gasteiger partial charge in [0, 0.05) is 12.5 Å². The van der Waals surface area contributed by atoms with Gasteiger partial charge in [-0.1, -0.05) is 12.1 Å². The fourth-order valence-corrected chi connectivity index (χ4v) is 4.81. The summed E-state index contributed by atoms with van der Waals surface area (Å²) < 4.78 is 23.0. The zero-order chi connectivity index (χ0) is 19.8. The van der Waals surface area contributed by atoms with Crippen molar-refractivity contribution in [3.05, 3.63) is 60.2 Å². The molecule has 4 atom stereocenters. The van der Waals surface area contributed by atoms with Gasteiger partial charge in [-0.25, -0.2) is 0 Å². The van der Waals surface area contributed by atoms with Crippen LogP contribution in [-0.2, 0) is 20.8 Å². The van der Waals surface area contributed by atoms with Crippen LogP contribution in [0.15, 0.2) is 53.3 Å². The molecule has 0 amide bonds. The second-order valence-electron chi connectivity index (χ2n) is 8.00. The number of furan rings is 1. The first kappa shape index (κ1) is 18.5. The normalized spacial score (nSPS) is 29.4. The fourth-order valence-electron chi connectivity index (χ4n) is 4.81. The molecule has 29 heavy (non-hydrogen) atoms. The third-order valence-corrected chi connectivity index (χ3v) is 6.30. The van der Waals surface area contributed by atoms with Crippen molar-refractivity contribution in [1.29, 1.82) is 0 Å². The number of fused-ring (bicyclic) bond motifs is 3. The summed E-state index contributed by atoms with van der Waals surface area (Å²) in [4.78, 5) is 15.5. The van der Waals surface area contributed by atoms with Crippen molar-refractivity contribution in [3.63, 3.8) is 0 Å². The maximum atomic E-state index is 13.3. The number of carbonyl (C=O) groups excluding carboxylic acids is 1. The minimum absolute atomic E-state index is 0.120. The molecule has 5 rings (SSSR count). The minimum atomic E-state index is -0.136. The molecule has 1 aliphatic carbocycles. The lowest BCUT2D eigenvalue weighted by molar-refractivity contribution is -0.172. The summed E-state index contributed by atoms with van der Waals surface area (Å²) in [6.45, 7) is 2.13. The first-order valence-electron chi connectivity index (χ1n) is 10.1. The molecule has 2 aliphatic heterocycles. The van der Waals surface area contributed by atoms with E-state index in [9.17, 15) is 4.79 Å². The smallest absolute Gasteiger partial charge is 0.173 e. The Morgan fingerprint density at radius 1 is 1.17 bits per heavy atom. The molecule has 6 nitrogen and oxygen atoms in total. The first-order chi connectivity index (χ1) is 14.2. The molecule has 3 heterocycles. The molecule has 4 unspecified atom stereocenters. The van der Waals surface area contributed by atoms with Gasteiger partial charge in [0.2, 0.25) is 0 Å². The summed E-state index contributed by atoms with van der Waals surface area (Å²) in [5.41, 5.74) is 1.52. The highest BCUT2D eigenvalue weighted by molar-refractivity contribution is 6.22. The van der Waals surface area contributed by atoms with Gasteiger partial charge >= 0.3 is 0 Å². The quantitative estimate of drug-likeness (QED) is 0.790. The number of hydrogen-bond donors (Lipinski definition) is 0.